The normalized spacial score (nSPS) is 16.3. The van der Waals surface area contributed by atoms with Gasteiger partial charge >= 0.3 is 5.97 Å². The smallest absolute Gasteiger partial charge is 0.335 e. The van der Waals surface area contributed by atoms with E-state index >= 15 is 0 Å². The van der Waals surface area contributed by atoms with Crippen molar-refractivity contribution in [3.05, 3.63) is 83.4 Å². The van der Waals surface area contributed by atoms with Crippen LogP contribution < -0.4 is 14.5 Å². The summed E-state index contributed by atoms with van der Waals surface area (Å²) in [5.74, 6) is -1.11. The summed E-state index contributed by atoms with van der Waals surface area (Å²) < 4.78 is 29.0. The van der Waals surface area contributed by atoms with Crippen molar-refractivity contribution in [2.45, 2.75) is 38.1 Å². The number of rotatable bonds is 7. The van der Waals surface area contributed by atoms with Crippen molar-refractivity contribution in [3.8, 4) is 0 Å². The lowest BCUT2D eigenvalue weighted by molar-refractivity contribution is 0.0697. The van der Waals surface area contributed by atoms with Crippen LogP contribution in [-0.2, 0) is 16.4 Å². The molecule has 3 aromatic carbocycles. The number of piperazine rings is 1. The number of carbonyl (C=O) groups is 1. The first-order valence-corrected chi connectivity index (χ1v) is 13.2. The minimum absolute atomic E-state index is 0.0271. The van der Waals surface area contributed by atoms with Crippen molar-refractivity contribution in [2.75, 3.05) is 34.2 Å². The Bertz CT molecular complexity index is 1320. The first-order chi connectivity index (χ1) is 16.7. The molecule has 0 aromatic heterocycles. The van der Waals surface area contributed by atoms with Crippen molar-refractivity contribution in [3.63, 3.8) is 0 Å². The molecular weight excluding hydrogens is 462 g/mol. The van der Waals surface area contributed by atoms with Crippen LogP contribution in [0, 0.1) is 6.92 Å². The van der Waals surface area contributed by atoms with Crippen LogP contribution in [0.15, 0.2) is 71.6 Å². The summed E-state index contributed by atoms with van der Waals surface area (Å²) in [5.41, 5.74) is 4.36. The number of hydrogen-bond donors (Lipinski definition) is 2. The minimum atomic E-state index is -3.89. The summed E-state index contributed by atoms with van der Waals surface area (Å²) >= 11 is 0. The molecule has 1 unspecified atom stereocenters. The molecule has 1 aliphatic heterocycles. The maximum atomic E-state index is 13.2. The van der Waals surface area contributed by atoms with Crippen LogP contribution >= 0.6 is 0 Å². The minimum Gasteiger partial charge on any atom is -0.478 e. The van der Waals surface area contributed by atoms with Gasteiger partial charge in [0.1, 0.15) is 0 Å². The average molecular weight is 494 g/mol. The fourth-order valence-corrected chi connectivity index (χ4v) is 5.57. The molecule has 0 amide bonds. The van der Waals surface area contributed by atoms with Crippen molar-refractivity contribution >= 4 is 33.1 Å². The highest BCUT2D eigenvalue weighted by Gasteiger charge is 2.27. The molecule has 0 radical (unpaired) electrons. The third-order valence-electron chi connectivity index (χ3n) is 6.43. The Morgan fingerprint density at radius 2 is 1.80 bits per heavy atom. The molecule has 184 valence electrons. The van der Waals surface area contributed by atoms with Gasteiger partial charge in [0.05, 0.1) is 21.8 Å². The molecule has 8 heteroatoms. The fourth-order valence-electron chi connectivity index (χ4n) is 4.50. The maximum absolute atomic E-state index is 13.2. The molecule has 35 heavy (non-hydrogen) atoms. The fraction of sp³-hybridized carbons (Fsp3) is 0.296. The Morgan fingerprint density at radius 1 is 1.06 bits per heavy atom. The molecule has 4 rings (SSSR count). The molecule has 0 aliphatic carbocycles. The average Bonchev–Trinajstić information content (AvgIpc) is 2.83. The first-order valence-electron chi connectivity index (χ1n) is 11.8. The van der Waals surface area contributed by atoms with Crippen molar-refractivity contribution in [1.82, 2.24) is 0 Å². The van der Waals surface area contributed by atoms with Gasteiger partial charge in [-0.1, -0.05) is 31.2 Å². The highest BCUT2D eigenvalue weighted by molar-refractivity contribution is 7.92. The van der Waals surface area contributed by atoms with Gasteiger partial charge in [-0.05, 0) is 73.9 Å². The number of sulfonamides is 1. The summed E-state index contributed by atoms with van der Waals surface area (Å²) in [4.78, 5) is 16.2. The second-order valence-electron chi connectivity index (χ2n) is 8.97. The van der Waals surface area contributed by atoms with Gasteiger partial charge in [0.2, 0.25) is 0 Å². The Kier molecular flexibility index (Phi) is 7.03. The first kappa shape index (κ1) is 24.6. The molecule has 0 spiro atoms. The lowest BCUT2D eigenvalue weighted by Crippen LogP contribution is -2.52. The van der Waals surface area contributed by atoms with Crippen LogP contribution in [-0.4, -0.2) is 45.2 Å². The summed E-state index contributed by atoms with van der Waals surface area (Å²) in [6.45, 7) is 8.31. The molecule has 7 nitrogen and oxygen atoms in total. The van der Waals surface area contributed by atoms with Crippen molar-refractivity contribution in [1.29, 1.82) is 0 Å². The number of nitrogens with one attached hydrogen (secondary N) is 1. The van der Waals surface area contributed by atoms with Crippen LogP contribution in [0.3, 0.4) is 0 Å². The van der Waals surface area contributed by atoms with Gasteiger partial charge in [0.15, 0.2) is 0 Å². The van der Waals surface area contributed by atoms with Gasteiger partial charge in [0.25, 0.3) is 10.0 Å². The van der Waals surface area contributed by atoms with Crippen LogP contribution in [0.4, 0.5) is 17.1 Å². The molecular formula is C27H31N3O4S. The number of benzene rings is 3. The van der Waals surface area contributed by atoms with Gasteiger partial charge in [-0.2, -0.15) is 0 Å². The van der Waals surface area contributed by atoms with E-state index in [0.29, 0.717) is 18.8 Å². The molecule has 1 fully saturated rings. The van der Waals surface area contributed by atoms with Gasteiger partial charge in [-0.3, -0.25) is 4.72 Å². The summed E-state index contributed by atoms with van der Waals surface area (Å²) in [6, 6.07) is 19.9. The zero-order chi connectivity index (χ0) is 25.2. The third kappa shape index (κ3) is 5.43. The van der Waals surface area contributed by atoms with E-state index < -0.39 is 16.0 Å². The molecule has 0 saturated carbocycles. The highest BCUT2D eigenvalue weighted by Crippen LogP contribution is 2.32. The second-order valence-corrected chi connectivity index (χ2v) is 10.6. The molecule has 1 atom stereocenters. The standard InChI is InChI=1S/C27H31N3O4S/c1-4-21-8-11-24(12-9-21)35(33,34)28-25-17-22(27(31)32)10-13-26(25)29-14-15-30(20(3)18-29)23-7-5-6-19(2)16-23/h5-13,16-17,20,28H,4,14-15,18H2,1-3H3,(H,31,32). The van der Waals surface area contributed by atoms with E-state index in [9.17, 15) is 18.3 Å². The lowest BCUT2D eigenvalue weighted by atomic mass is 10.1. The SMILES string of the molecule is CCc1ccc(S(=O)(=O)Nc2cc(C(=O)O)ccc2N2CCN(c3cccc(C)c3)C(C)C2)cc1. The Labute approximate surface area is 207 Å². The van der Waals surface area contributed by atoms with E-state index in [1.165, 1.54) is 17.7 Å². The number of anilines is 3. The maximum Gasteiger partial charge on any atom is 0.335 e. The van der Waals surface area contributed by atoms with Crippen LogP contribution in [0.25, 0.3) is 0 Å². The zero-order valence-electron chi connectivity index (χ0n) is 20.2. The van der Waals surface area contributed by atoms with Crippen molar-refractivity contribution < 1.29 is 18.3 Å². The number of nitrogens with zero attached hydrogens (tertiary/aromatic N) is 2. The summed E-state index contributed by atoms with van der Waals surface area (Å²) in [7, 11) is -3.89. The zero-order valence-corrected chi connectivity index (χ0v) is 21.0. The topological polar surface area (TPSA) is 89.9 Å². The monoisotopic (exact) mass is 493 g/mol. The Balaban J connectivity index is 1.62. The molecule has 1 heterocycles. The molecule has 2 N–H and O–H groups in total. The summed E-state index contributed by atoms with van der Waals surface area (Å²) in [5, 5.41) is 9.51. The number of aromatic carboxylic acids is 1. The number of hydrogen-bond acceptors (Lipinski definition) is 5. The van der Waals surface area contributed by atoms with E-state index in [1.807, 2.05) is 13.0 Å². The van der Waals surface area contributed by atoms with E-state index in [-0.39, 0.29) is 22.2 Å². The van der Waals surface area contributed by atoms with Crippen LogP contribution in [0.1, 0.15) is 35.3 Å². The van der Waals surface area contributed by atoms with E-state index in [1.54, 1.807) is 30.3 Å². The second kappa shape index (κ2) is 10.00. The summed E-state index contributed by atoms with van der Waals surface area (Å²) in [6.07, 6.45) is 0.811. The number of carboxylic acid groups (broad SMARTS) is 1. The molecule has 3 aromatic rings. The van der Waals surface area contributed by atoms with Gasteiger partial charge < -0.3 is 14.9 Å². The molecule has 0 bridgehead atoms. The van der Waals surface area contributed by atoms with E-state index in [2.05, 4.69) is 46.6 Å². The van der Waals surface area contributed by atoms with E-state index in [0.717, 1.165) is 24.2 Å². The Hall–Kier alpha value is -3.52. The molecule has 1 aliphatic rings. The number of carboxylic acids is 1. The predicted octanol–water partition coefficient (Wildman–Crippen LogP) is 4.77. The third-order valence-corrected chi connectivity index (χ3v) is 7.81. The Morgan fingerprint density at radius 3 is 2.43 bits per heavy atom. The quantitative estimate of drug-likeness (QED) is 0.493. The lowest BCUT2D eigenvalue weighted by Gasteiger charge is -2.43. The van der Waals surface area contributed by atoms with Crippen LogP contribution in [0.5, 0.6) is 0 Å². The van der Waals surface area contributed by atoms with Crippen LogP contribution in [0.2, 0.25) is 0 Å². The van der Waals surface area contributed by atoms with Gasteiger partial charge in [-0.15, -0.1) is 0 Å². The van der Waals surface area contributed by atoms with Gasteiger partial charge in [-0.25, -0.2) is 13.2 Å². The predicted molar refractivity (Wildman–Crippen MR) is 140 cm³/mol. The van der Waals surface area contributed by atoms with Gasteiger partial charge in [0, 0.05) is 31.4 Å². The highest BCUT2D eigenvalue weighted by atomic mass is 32.2. The largest absolute Gasteiger partial charge is 0.478 e. The van der Waals surface area contributed by atoms with E-state index in [4.69, 9.17) is 0 Å². The van der Waals surface area contributed by atoms with Crippen molar-refractivity contribution in [2.24, 2.45) is 0 Å². The number of aryl methyl sites for hydroxylation is 2. The molecule has 1 saturated heterocycles.